The number of benzene rings is 2. The fraction of sp³-hybridized carbons (Fsp3) is 0.476. The number of hydrogen-bond donors (Lipinski definition) is 2. The van der Waals surface area contributed by atoms with E-state index in [0.29, 0.717) is 24.8 Å². The number of ether oxygens (including phenoxy) is 1. The number of rotatable bonds is 6. The summed E-state index contributed by atoms with van der Waals surface area (Å²) in [5.41, 5.74) is 1.13. The van der Waals surface area contributed by atoms with Crippen molar-refractivity contribution >= 4 is 29.1 Å². The number of carbonyl (C=O) groups is 1. The highest BCUT2D eigenvalue weighted by Crippen LogP contribution is 2.24. The number of carbonyl (C=O) groups excluding carboxylic acids is 1. The Morgan fingerprint density at radius 1 is 1.19 bits per heavy atom. The van der Waals surface area contributed by atoms with E-state index >= 15 is 0 Å². The van der Waals surface area contributed by atoms with Gasteiger partial charge in [0.15, 0.2) is 0 Å². The van der Waals surface area contributed by atoms with Crippen molar-refractivity contribution in [2.75, 3.05) is 20.2 Å². The van der Waals surface area contributed by atoms with Crippen molar-refractivity contribution in [1.29, 1.82) is 0 Å². The van der Waals surface area contributed by atoms with Gasteiger partial charge in [-0.2, -0.15) is 0 Å². The van der Waals surface area contributed by atoms with E-state index in [1.807, 2.05) is 12.1 Å². The Hall–Kier alpha value is -1.78. The van der Waals surface area contributed by atoms with Gasteiger partial charge in [0, 0.05) is 13.0 Å². The highest BCUT2D eigenvalue weighted by Gasteiger charge is 2.21. The minimum absolute atomic E-state index is 0. The van der Waals surface area contributed by atoms with Crippen LogP contribution in [0.5, 0.6) is 5.75 Å². The van der Waals surface area contributed by atoms with Crippen molar-refractivity contribution in [3.63, 3.8) is 0 Å². The first kappa shape index (κ1) is 20.5. The summed E-state index contributed by atoms with van der Waals surface area (Å²) in [4.78, 5) is 12.3. The van der Waals surface area contributed by atoms with Crippen molar-refractivity contribution in [2.45, 2.75) is 32.7 Å². The quantitative estimate of drug-likeness (QED) is 0.803. The standard InChI is InChI=1S/C21H28N2O2.ClH/c1-15(17-7-9-22-10-8-17)11-21(24)23-14-16-3-4-19-13-20(25-2)6-5-18(19)12-16;/h3-6,12-13,15,17,22H,7-11,14H2,1-2H3,(H,23,24);1H. The first-order chi connectivity index (χ1) is 12.2. The second-order valence-electron chi connectivity index (χ2n) is 7.09. The molecule has 0 aromatic heterocycles. The lowest BCUT2D eigenvalue weighted by atomic mass is 9.84. The molecule has 0 radical (unpaired) electrons. The minimum atomic E-state index is 0. The van der Waals surface area contributed by atoms with Crippen LogP contribution in [0.25, 0.3) is 10.8 Å². The highest BCUT2D eigenvalue weighted by atomic mass is 35.5. The van der Waals surface area contributed by atoms with Crippen LogP contribution >= 0.6 is 12.4 Å². The molecule has 1 heterocycles. The molecule has 1 unspecified atom stereocenters. The number of halogens is 1. The first-order valence-electron chi connectivity index (χ1n) is 9.20. The SMILES string of the molecule is COc1ccc2cc(CNC(=O)CC(C)C3CCNCC3)ccc2c1.Cl. The summed E-state index contributed by atoms with van der Waals surface area (Å²) in [6.07, 6.45) is 2.99. The monoisotopic (exact) mass is 376 g/mol. The Morgan fingerprint density at radius 3 is 2.62 bits per heavy atom. The molecule has 1 fully saturated rings. The highest BCUT2D eigenvalue weighted by molar-refractivity contribution is 5.85. The van der Waals surface area contributed by atoms with E-state index in [1.54, 1.807) is 7.11 Å². The van der Waals surface area contributed by atoms with Crippen molar-refractivity contribution in [3.8, 4) is 5.75 Å². The summed E-state index contributed by atoms with van der Waals surface area (Å²) in [5, 5.41) is 8.77. The number of fused-ring (bicyclic) bond motifs is 1. The van der Waals surface area contributed by atoms with E-state index in [2.05, 4.69) is 41.8 Å². The predicted molar refractivity (Wildman–Crippen MR) is 109 cm³/mol. The molecule has 1 aliphatic heterocycles. The number of amides is 1. The Labute approximate surface area is 162 Å². The summed E-state index contributed by atoms with van der Waals surface area (Å²) in [6.45, 7) is 4.95. The fourth-order valence-corrected chi connectivity index (χ4v) is 3.66. The Balaban J connectivity index is 0.00000243. The molecule has 2 N–H and O–H groups in total. The van der Waals surface area contributed by atoms with Crippen molar-refractivity contribution in [3.05, 3.63) is 42.0 Å². The van der Waals surface area contributed by atoms with Crippen molar-refractivity contribution in [1.82, 2.24) is 10.6 Å². The number of methoxy groups -OCH3 is 1. The average molecular weight is 377 g/mol. The molecule has 5 heteroatoms. The lowest BCUT2D eigenvalue weighted by molar-refractivity contribution is -0.122. The van der Waals surface area contributed by atoms with E-state index < -0.39 is 0 Å². The second-order valence-corrected chi connectivity index (χ2v) is 7.09. The van der Waals surface area contributed by atoms with Gasteiger partial charge in [0.2, 0.25) is 5.91 Å². The van der Waals surface area contributed by atoms with Crippen molar-refractivity contribution in [2.24, 2.45) is 11.8 Å². The fourth-order valence-electron chi connectivity index (χ4n) is 3.66. The molecule has 0 spiro atoms. The summed E-state index contributed by atoms with van der Waals surface area (Å²) in [7, 11) is 1.68. The summed E-state index contributed by atoms with van der Waals surface area (Å²) >= 11 is 0. The molecule has 142 valence electrons. The molecule has 1 aliphatic rings. The van der Waals surface area contributed by atoms with Gasteiger partial charge >= 0.3 is 0 Å². The van der Waals surface area contributed by atoms with Crippen LogP contribution in [0, 0.1) is 11.8 Å². The molecular formula is C21H29ClN2O2. The van der Waals surface area contributed by atoms with Gasteiger partial charge in [0.1, 0.15) is 5.75 Å². The zero-order valence-electron chi connectivity index (χ0n) is 15.6. The molecule has 0 aliphatic carbocycles. The lowest BCUT2D eigenvalue weighted by Gasteiger charge is -2.27. The largest absolute Gasteiger partial charge is 0.497 e. The van der Waals surface area contributed by atoms with Crippen LogP contribution in [0.1, 0.15) is 31.7 Å². The molecule has 4 nitrogen and oxygen atoms in total. The molecule has 1 amide bonds. The zero-order chi connectivity index (χ0) is 17.6. The number of nitrogens with one attached hydrogen (secondary N) is 2. The van der Waals surface area contributed by atoms with Gasteiger partial charge in [-0.25, -0.2) is 0 Å². The third kappa shape index (κ3) is 5.36. The Kier molecular flexibility index (Phi) is 7.73. The summed E-state index contributed by atoms with van der Waals surface area (Å²) in [5.74, 6) is 2.13. The van der Waals surface area contributed by atoms with Crippen LogP contribution in [0.3, 0.4) is 0 Å². The maximum Gasteiger partial charge on any atom is 0.220 e. The summed E-state index contributed by atoms with van der Waals surface area (Å²) in [6, 6.07) is 12.3. The normalized spacial score (nSPS) is 15.9. The molecule has 2 aromatic carbocycles. The third-order valence-electron chi connectivity index (χ3n) is 5.30. The van der Waals surface area contributed by atoms with Crippen LogP contribution in [-0.4, -0.2) is 26.1 Å². The van der Waals surface area contributed by atoms with Crippen LogP contribution < -0.4 is 15.4 Å². The predicted octanol–water partition coefficient (Wildman–Crippen LogP) is 3.91. The van der Waals surface area contributed by atoms with Gasteiger partial charge in [-0.05, 0) is 72.3 Å². The van der Waals surface area contributed by atoms with Crippen molar-refractivity contribution < 1.29 is 9.53 Å². The molecule has 26 heavy (non-hydrogen) atoms. The van der Waals surface area contributed by atoms with Gasteiger partial charge in [-0.15, -0.1) is 12.4 Å². The summed E-state index contributed by atoms with van der Waals surface area (Å²) < 4.78 is 5.26. The Morgan fingerprint density at radius 2 is 1.88 bits per heavy atom. The number of hydrogen-bond acceptors (Lipinski definition) is 3. The molecule has 1 atom stereocenters. The molecular weight excluding hydrogens is 348 g/mol. The minimum Gasteiger partial charge on any atom is -0.497 e. The molecule has 1 saturated heterocycles. The van der Waals surface area contributed by atoms with Gasteiger partial charge in [-0.3, -0.25) is 4.79 Å². The van der Waals surface area contributed by atoms with Crippen LogP contribution in [0.2, 0.25) is 0 Å². The van der Waals surface area contributed by atoms with Crippen LogP contribution in [-0.2, 0) is 11.3 Å². The smallest absolute Gasteiger partial charge is 0.220 e. The second kappa shape index (κ2) is 9.79. The number of piperidine rings is 1. The van der Waals surface area contributed by atoms with Gasteiger partial charge in [0.25, 0.3) is 0 Å². The molecule has 0 bridgehead atoms. The van der Waals surface area contributed by atoms with Gasteiger partial charge in [-0.1, -0.05) is 25.1 Å². The van der Waals surface area contributed by atoms with E-state index in [9.17, 15) is 4.79 Å². The van der Waals surface area contributed by atoms with E-state index in [1.165, 1.54) is 12.8 Å². The topological polar surface area (TPSA) is 50.4 Å². The van der Waals surface area contributed by atoms with Gasteiger partial charge in [0.05, 0.1) is 7.11 Å². The van der Waals surface area contributed by atoms with Gasteiger partial charge < -0.3 is 15.4 Å². The average Bonchev–Trinajstić information content (AvgIpc) is 2.66. The van der Waals surface area contributed by atoms with Crippen LogP contribution in [0.4, 0.5) is 0 Å². The first-order valence-corrected chi connectivity index (χ1v) is 9.20. The van der Waals surface area contributed by atoms with E-state index in [4.69, 9.17) is 4.74 Å². The Bertz CT molecular complexity index is 729. The zero-order valence-corrected chi connectivity index (χ0v) is 16.4. The van der Waals surface area contributed by atoms with E-state index in [-0.39, 0.29) is 18.3 Å². The molecule has 0 saturated carbocycles. The van der Waals surface area contributed by atoms with Crippen LogP contribution in [0.15, 0.2) is 36.4 Å². The van der Waals surface area contributed by atoms with E-state index in [0.717, 1.165) is 35.2 Å². The maximum atomic E-state index is 12.3. The third-order valence-corrected chi connectivity index (χ3v) is 5.30. The molecule has 2 aromatic rings. The molecule has 3 rings (SSSR count). The maximum absolute atomic E-state index is 12.3. The lowest BCUT2D eigenvalue weighted by Crippen LogP contribution is -2.33.